The number of aryl methyl sites for hydroxylation is 2. The minimum atomic E-state index is -3.84. The highest BCUT2D eigenvalue weighted by Gasteiger charge is 2.33. The summed E-state index contributed by atoms with van der Waals surface area (Å²) >= 11 is 0. The van der Waals surface area contributed by atoms with E-state index in [0.717, 1.165) is 16.8 Å². The van der Waals surface area contributed by atoms with E-state index in [-0.39, 0.29) is 23.4 Å². The predicted molar refractivity (Wildman–Crippen MR) is 124 cm³/mol. The molecule has 4 aromatic rings. The molecular weight excluding hydrogens is 424 g/mol. The maximum absolute atomic E-state index is 13.5. The monoisotopic (exact) mass is 446 g/mol. The largest absolute Gasteiger partial charge is 0.290 e. The van der Waals surface area contributed by atoms with Crippen molar-refractivity contribution in [3.63, 3.8) is 0 Å². The molecule has 2 aromatic carbocycles. The molecule has 162 valence electrons. The average molecular weight is 447 g/mol. The molecule has 0 unspecified atom stereocenters. The quantitative estimate of drug-likeness (QED) is 0.521. The molecular formula is C24H22N4O3S. The molecule has 0 radical (unpaired) electrons. The Balaban J connectivity index is 1.68. The van der Waals surface area contributed by atoms with Crippen LogP contribution in [0.1, 0.15) is 16.7 Å². The second-order valence-corrected chi connectivity index (χ2v) is 9.77. The van der Waals surface area contributed by atoms with Crippen LogP contribution in [0.5, 0.6) is 0 Å². The van der Waals surface area contributed by atoms with Crippen LogP contribution in [0.25, 0.3) is 16.9 Å². The van der Waals surface area contributed by atoms with E-state index >= 15 is 0 Å². The number of nitrogens with zero attached hydrogens (tertiary/aromatic N) is 3. The Morgan fingerprint density at radius 3 is 2.47 bits per heavy atom. The molecule has 1 aliphatic heterocycles. The summed E-state index contributed by atoms with van der Waals surface area (Å²) in [6.45, 7) is 3.97. The van der Waals surface area contributed by atoms with Gasteiger partial charge in [-0.25, -0.2) is 22.4 Å². The smallest absolute Gasteiger partial charge is 0.275 e. The van der Waals surface area contributed by atoms with Crippen molar-refractivity contribution in [3.05, 3.63) is 93.9 Å². The van der Waals surface area contributed by atoms with E-state index in [1.165, 1.54) is 8.99 Å². The normalized spacial score (nSPS) is 13.4. The summed E-state index contributed by atoms with van der Waals surface area (Å²) in [6.07, 6.45) is 1.84. The zero-order valence-electron chi connectivity index (χ0n) is 17.7. The number of pyridine rings is 1. The fourth-order valence-electron chi connectivity index (χ4n) is 4.09. The Labute approximate surface area is 186 Å². The van der Waals surface area contributed by atoms with E-state index < -0.39 is 10.0 Å². The standard InChI is InChI=1S/C24H22N4O3S/c1-16-9-11-18(12-10-16)32(30,31)27-15-13-20-22(19-7-5-14-25-23(19)27)26-28(24(20)29)21-8-4-3-6-17(21)2/h3-12,14,26H,13,15H2,1-2H3. The predicted octanol–water partition coefficient (Wildman–Crippen LogP) is 3.60. The number of sulfonamides is 1. The highest BCUT2D eigenvalue weighted by Crippen LogP contribution is 2.35. The second-order valence-electron chi connectivity index (χ2n) is 7.91. The van der Waals surface area contributed by atoms with Crippen LogP contribution >= 0.6 is 0 Å². The Hall–Kier alpha value is -3.65. The number of anilines is 1. The number of hydrogen-bond donors (Lipinski definition) is 1. The first-order valence-corrected chi connectivity index (χ1v) is 11.8. The maximum Gasteiger partial charge on any atom is 0.275 e. The van der Waals surface area contributed by atoms with Crippen LogP contribution in [0, 0.1) is 13.8 Å². The lowest BCUT2D eigenvalue weighted by Gasteiger charge is -2.23. The van der Waals surface area contributed by atoms with Crippen molar-refractivity contribution in [2.45, 2.75) is 25.2 Å². The minimum Gasteiger partial charge on any atom is -0.290 e. The van der Waals surface area contributed by atoms with Crippen LogP contribution in [0.15, 0.2) is 76.6 Å². The fourth-order valence-corrected chi connectivity index (χ4v) is 5.53. The first-order valence-electron chi connectivity index (χ1n) is 10.3. The van der Waals surface area contributed by atoms with Crippen molar-refractivity contribution in [1.82, 2.24) is 14.8 Å². The molecule has 32 heavy (non-hydrogen) atoms. The number of benzene rings is 2. The SMILES string of the molecule is Cc1ccc(S(=O)(=O)N2CCc3c([nH]n(-c4ccccc4C)c3=O)-c3cccnc32)cc1. The summed E-state index contributed by atoms with van der Waals surface area (Å²) in [4.78, 5) is 17.9. The molecule has 0 atom stereocenters. The summed E-state index contributed by atoms with van der Waals surface area (Å²) < 4.78 is 29.8. The lowest BCUT2D eigenvalue weighted by atomic mass is 10.1. The molecule has 0 spiro atoms. The Morgan fingerprint density at radius 1 is 0.969 bits per heavy atom. The first-order chi connectivity index (χ1) is 15.4. The molecule has 1 N–H and O–H groups in total. The highest BCUT2D eigenvalue weighted by atomic mass is 32.2. The van der Waals surface area contributed by atoms with Crippen LogP contribution in [0.4, 0.5) is 5.82 Å². The van der Waals surface area contributed by atoms with E-state index in [9.17, 15) is 13.2 Å². The Morgan fingerprint density at radius 2 is 1.72 bits per heavy atom. The number of aromatic nitrogens is 3. The number of H-pyrrole nitrogens is 1. The van der Waals surface area contributed by atoms with E-state index in [2.05, 4.69) is 10.1 Å². The lowest BCUT2D eigenvalue weighted by molar-refractivity contribution is 0.590. The van der Waals surface area contributed by atoms with Gasteiger partial charge in [0.15, 0.2) is 5.82 Å². The summed E-state index contributed by atoms with van der Waals surface area (Å²) in [7, 11) is -3.84. The maximum atomic E-state index is 13.5. The van der Waals surface area contributed by atoms with Gasteiger partial charge in [-0.2, -0.15) is 0 Å². The number of para-hydroxylation sites is 1. The fraction of sp³-hybridized carbons (Fsp3) is 0.167. The Kier molecular flexibility index (Phi) is 4.74. The number of nitrogens with one attached hydrogen (secondary N) is 1. The van der Waals surface area contributed by atoms with Gasteiger partial charge in [-0.05, 0) is 56.2 Å². The highest BCUT2D eigenvalue weighted by molar-refractivity contribution is 7.92. The third-order valence-electron chi connectivity index (χ3n) is 5.81. The van der Waals surface area contributed by atoms with Gasteiger partial charge >= 0.3 is 0 Å². The summed E-state index contributed by atoms with van der Waals surface area (Å²) in [6, 6.07) is 17.9. The topological polar surface area (TPSA) is 88.1 Å². The molecule has 1 aliphatic rings. The van der Waals surface area contributed by atoms with E-state index in [4.69, 9.17) is 0 Å². The number of aromatic amines is 1. The van der Waals surface area contributed by atoms with Gasteiger partial charge in [0.1, 0.15) is 0 Å². The van der Waals surface area contributed by atoms with Gasteiger partial charge in [0, 0.05) is 23.9 Å². The molecule has 0 amide bonds. The molecule has 7 nitrogen and oxygen atoms in total. The van der Waals surface area contributed by atoms with Gasteiger partial charge in [0.05, 0.1) is 16.3 Å². The van der Waals surface area contributed by atoms with Crippen molar-refractivity contribution in [1.29, 1.82) is 0 Å². The molecule has 0 saturated heterocycles. The first kappa shape index (κ1) is 20.3. The van der Waals surface area contributed by atoms with E-state index in [0.29, 0.717) is 22.6 Å². The molecule has 0 bridgehead atoms. The zero-order valence-corrected chi connectivity index (χ0v) is 18.6. The lowest BCUT2D eigenvalue weighted by Crippen LogP contribution is -2.34. The second kappa shape index (κ2) is 7.49. The van der Waals surface area contributed by atoms with Gasteiger partial charge in [-0.1, -0.05) is 35.9 Å². The van der Waals surface area contributed by atoms with Crippen LogP contribution in [-0.2, 0) is 16.4 Å². The van der Waals surface area contributed by atoms with Crippen molar-refractivity contribution in [2.24, 2.45) is 0 Å². The van der Waals surface area contributed by atoms with Crippen LogP contribution in [0.2, 0.25) is 0 Å². The van der Waals surface area contributed by atoms with Crippen molar-refractivity contribution in [2.75, 3.05) is 10.8 Å². The summed E-state index contributed by atoms with van der Waals surface area (Å²) in [5, 5.41) is 3.22. The Bertz CT molecular complexity index is 1480. The third kappa shape index (κ3) is 3.15. The van der Waals surface area contributed by atoms with Gasteiger partial charge in [-0.15, -0.1) is 0 Å². The minimum absolute atomic E-state index is 0.119. The molecule has 3 heterocycles. The van der Waals surface area contributed by atoms with Crippen LogP contribution < -0.4 is 9.86 Å². The molecule has 8 heteroatoms. The number of hydrogen-bond acceptors (Lipinski definition) is 4. The van der Waals surface area contributed by atoms with Crippen molar-refractivity contribution >= 4 is 15.8 Å². The van der Waals surface area contributed by atoms with E-state index in [1.54, 1.807) is 42.6 Å². The molecule has 2 aromatic heterocycles. The van der Waals surface area contributed by atoms with Crippen LogP contribution in [0.3, 0.4) is 0 Å². The summed E-state index contributed by atoms with van der Waals surface area (Å²) in [5.41, 5.74) is 4.25. The van der Waals surface area contributed by atoms with Crippen molar-refractivity contribution in [3.8, 4) is 16.9 Å². The van der Waals surface area contributed by atoms with Crippen molar-refractivity contribution < 1.29 is 8.42 Å². The van der Waals surface area contributed by atoms with Gasteiger partial charge < -0.3 is 0 Å². The number of fused-ring (bicyclic) bond motifs is 3. The molecule has 5 rings (SSSR count). The molecule has 0 fully saturated rings. The molecule has 0 aliphatic carbocycles. The van der Waals surface area contributed by atoms with E-state index in [1.807, 2.05) is 38.1 Å². The average Bonchev–Trinajstić information content (AvgIpc) is 3.00. The number of rotatable bonds is 3. The van der Waals surface area contributed by atoms with Crippen LogP contribution in [-0.4, -0.2) is 29.7 Å². The third-order valence-corrected chi connectivity index (χ3v) is 7.61. The van der Waals surface area contributed by atoms with Gasteiger partial charge in [0.2, 0.25) is 0 Å². The van der Waals surface area contributed by atoms with Gasteiger partial charge in [0.25, 0.3) is 15.6 Å². The van der Waals surface area contributed by atoms with Gasteiger partial charge in [-0.3, -0.25) is 9.89 Å². The zero-order chi connectivity index (χ0) is 22.5. The summed E-state index contributed by atoms with van der Waals surface area (Å²) in [5.74, 6) is 0.310. The molecule has 0 saturated carbocycles.